The van der Waals surface area contributed by atoms with Crippen LogP contribution < -0.4 is 0 Å². The second-order valence-corrected chi connectivity index (χ2v) is 14.1. The van der Waals surface area contributed by atoms with Crippen molar-refractivity contribution in [1.82, 2.24) is 0 Å². The van der Waals surface area contributed by atoms with Crippen molar-refractivity contribution < 1.29 is 0 Å². The number of hydrogen-bond donors (Lipinski definition) is 0. The van der Waals surface area contributed by atoms with Gasteiger partial charge in [-0.3, -0.25) is 0 Å². The fourth-order valence-corrected chi connectivity index (χ4v) is 8.49. The van der Waals surface area contributed by atoms with Gasteiger partial charge in [0.2, 0.25) is 0 Å². The molecule has 1 aliphatic carbocycles. The summed E-state index contributed by atoms with van der Waals surface area (Å²) in [5.74, 6) is 0. The largest absolute Gasteiger partial charge is 0.0990 e. The number of rotatable bonds is 9. The lowest BCUT2D eigenvalue weighted by Gasteiger charge is -2.35. The zero-order valence-electron chi connectivity index (χ0n) is 30.2. The Morgan fingerprint density at radius 2 is 1.06 bits per heavy atom. The molecule has 256 valence electrons. The SMILES string of the molecule is C=C/C=C(\C=C/Cc1ccc2c(c1)C(c1ccccc1)(c1ccccc1)c1c-2ccc2cc(-c3ccc(-c4ccccc4)cc3)ccc12)c1ccccc1. The molecule has 0 atom stereocenters. The van der Waals surface area contributed by atoms with Crippen LogP contribution in [0.5, 0.6) is 0 Å². The Hall–Kier alpha value is -6.76. The minimum atomic E-state index is -0.497. The summed E-state index contributed by atoms with van der Waals surface area (Å²) in [6.07, 6.45) is 9.26. The molecule has 8 aromatic rings. The van der Waals surface area contributed by atoms with Gasteiger partial charge < -0.3 is 0 Å². The van der Waals surface area contributed by atoms with Crippen molar-refractivity contribution in [3.05, 3.63) is 258 Å². The number of hydrogen-bond acceptors (Lipinski definition) is 0. The third-order valence-electron chi connectivity index (χ3n) is 11.0. The molecule has 8 aromatic carbocycles. The maximum atomic E-state index is 3.97. The van der Waals surface area contributed by atoms with Crippen LogP contribution in [0.15, 0.2) is 225 Å². The Labute approximate surface area is 318 Å². The topological polar surface area (TPSA) is 0 Å². The first kappa shape index (κ1) is 33.1. The van der Waals surface area contributed by atoms with Crippen molar-refractivity contribution in [2.24, 2.45) is 0 Å². The Morgan fingerprint density at radius 3 is 1.70 bits per heavy atom. The van der Waals surface area contributed by atoms with Gasteiger partial charge in [-0.15, -0.1) is 0 Å². The summed E-state index contributed by atoms with van der Waals surface area (Å²) < 4.78 is 0. The lowest BCUT2D eigenvalue weighted by molar-refractivity contribution is 0.774. The van der Waals surface area contributed by atoms with Gasteiger partial charge in [-0.25, -0.2) is 0 Å². The molecule has 0 N–H and O–H groups in total. The monoisotopic (exact) mass is 688 g/mol. The van der Waals surface area contributed by atoms with E-state index in [0.29, 0.717) is 0 Å². The van der Waals surface area contributed by atoms with Crippen LogP contribution in [0.1, 0.15) is 33.4 Å². The predicted octanol–water partition coefficient (Wildman–Crippen LogP) is 13.9. The van der Waals surface area contributed by atoms with E-state index in [9.17, 15) is 0 Å². The van der Waals surface area contributed by atoms with Crippen molar-refractivity contribution in [2.75, 3.05) is 0 Å². The summed E-state index contributed by atoms with van der Waals surface area (Å²) in [6.45, 7) is 3.97. The molecule has 0 heterocycles. The first-order valence-electron chi connectivity index (χ1n) is 18.8. The molecule has 54 heavy (non-hydrogen) atoms. The molecule has 0 heteroatoms. The van der Waals surface area contributed by atoms with Crippen molar-refractivity contribution >= 4 is 16.3 Å². The maximum absolute atomic E-state index is 3.97. The first-order chi connectivity index (χ1) is 26.7. The molecular weight excluding hydrogens is 649 g/mol. The molecule has 0 aliphatic heterocycles. The van der Waals surface area contributed by atoms with E-state index in [4.69, 9.17) is 0 Å². The molecule has 0 saturated heterocycles. The van der Waals surface area contributed by atoms with E-state index in [1.54, 1.807) is 0 Å². The summed E-state index contributed by atoms with van der Waals surface area (Å²) in [4.78, 5) is 0. The van der Waals surface area contributed by atoms with E-state index >= 15 is 0 Å². The molecule has 9 rings (SSSR count). The molecule has 0 aromatic heterocycles. The van der Waals surface area contributed by atoms with E-state index in [0.717, 1.165) is 12.0 Å². The quantitative estimate of drug-likeness (QED) is 0.132. The van der Waals surface area contributed by atoms with Gasteiger partial charge in [0.15, 0.2) is 0 Å². The lowest BCUT2D eigenvalue weighted by Crippen LogP contribution is -2.29. The maximum Gasteiger partial charge on any atom is 0.0719 e. The molecule has 0 amide bonds. The fourth-order valence-electron chi connectivity index (χ4n) is 8.49. The smallest absolute Gasteiger partial charge is 0.0719 e. The van der Waals surface area contributed by atoms with Gasteiger partial charge in [0.25, 0.3) is 0 Å². The second-order valence-electron chi connectivity index (χ2n) is 14.1. The van der Waals surface area contributed by atoms with Crippen LogP contribution in [0.3, 0.4) is 0 Å². The average molecular weight is 689 g/mol. The highest BCUT2D eigenvalue weighted by atomic mass is 14.5. The summed E-state index contributed by atoms with van der Waals surface area (Å²) in [5.41, 5.74) is 15.9. The molecule has 0 fully saturated rings. The number of fused-ring (bicyclic) bond motifs is 5. The molecule has 0 saturated carbocycles. The van der Waals surface area contributed by atoms with Gasteiger partial charge in [0, 0.05) is 0 Å². The zero-order chi connectivity index (χ0) is 36.3. The molecule has 1 aliphatic rings. The van der Waals surface area contributed by atoms with Crippen molar-refractivity contribution in [3.63, 3.8) is 0 Å². The van der Waals surface area contributed by atoms with Crippen LogP contribution in [0, 0.1) is 0 Å². The first-order valence-corrected chi connectivity index (χ1v) is 18.8. The summed E-state index contributed by atoms with van der Waals surface area (Å²) in [6, 6.07) is 71.1. The molecular formula is C54H40. The van der Waals surface area contributed by atoms with Crippen molar-refractivity contribution in [1.29, 1.82) is 0 Å². The van der Waals surface area contributed by atoms with Gasteiger partial charge in [-0.2, -0.15) is 0 Å². The average Bonchev–Trinajstić information content (AvgIpc) is 3.55. The van der Waals surface area contributed by atoms with E-state index < -0.39 is 5.41 Å². The van der Waals surface area contributed by atoms with Crippen LogP contribution in [0.4, 0.5) is 0 Å². The minimum absolute atomic E-state index is 0.497. The van der Waals surface area contributed by atoms with E-state index in [1.165, 1.54) is 77.5 Å². The van der Waals surface area contributed by atoms with Gasteiger partial charge in [0.1, 0.15) is 0 Å². The number of allylic oxidation sites excluding steroid dienone is 5. The van der Waals surface area contributed by atoms with E-state index in [1.807, 2.05) is 6.08 Å². The Kier molecular flexibility index (Phi) is 8.79. The predicted molar refractivity (Wildman–Crippen MR) is 230 cm³/mol. The van der Waals surface area contributed by atoms with Crippen LogP contribution in [-0.2, 0) is 11.8 Å². The van der Waals surface area contributed by atoms with Gasteiger partial charge in [-0.1, -0.05) is 219 Å². The Bertz CT molecular complexity index is 2610. The lowest BCUT2D eigenvalue weighted by atomic mass is 9.66. The highest BCUT2D eigenvalue weighted by molar-refractivity contribution is 6.01. The molecule has 0 bridgehead atoms. The third-order valence-corrected chi connectivity index (χ3v) is 11.0. The molecule has 0 nitrogen and oxygen atoms in total. The second kappa shape index (κ2) is 14.3. The van der Waals surface area contributed by atoms with E-state index in [2.05, 4.69) is 219 Å². The highest BCUT2D eigenvalue weighted by Gasteiger charge is 2.47. The number of benzene rings is 8. The van der Waals surface area contributed by atoms with Crippen LogP contribution >= 0.6 is 0 Å². The van der Waals surface area contributed by atoms with Crippen molar-refractivity contribution in [3.8, 4) is 33.4 Å². The van der Waals surface area contributed by atoms with Crippen molar-refractivity contribution in [2.45, 2.75) is 11.8 Å². The van der Waals surface area contributed by atoms with Crippen LogP contribution in [0.25, 0.3) is 49.7 Å². The summed E-state index contributed by atoms with van der Waals surface area (Å²) in [5, 5.41) is 2.53. The van der Waals surface area contributed by atoms with Crippen LogP contribution in [-0.4, -0.2) is 0 Å². The van der Waals surface area contributed by atoms with Gasteiger partial charge in [0.05, 0.1) is 5.41 Å². The molecule has 0 radical (unpaired) electrons. The standard InChI is InChI=1S/C54H40/c1-2-16-40(41-18-7-3-8-19-41)22-15-17-39-27-34-50-51-36-33-46-38-45(44-30-28-43(29-31-44)42-20-9-4-10-21-42)32-35-49(46)53(51)54(52(50)37-39,47-23-11-5-12-24-47)48-25-13-6-14-26-48/h2-16,18-38H,1,17H2/b22-15-,40-16+. The van der Waals surface area contributed by atoms with Gasteiger partial charge in [-0.05, 0) is 95.6 Å². The zero-order valence-corrected chi connectivity index (χ0v) is 30.2. The Balaban J connectivity index is 1.18. The summed E-state index contributed by atoms with van der Waals surface area (Å²) in [7, 11) is 0. The minimum Gasteiger partial charge on any atom is -0.0990 e. The van der Waals surface area contributed by atoms with Gasteiger partial charge >= 0.3 is 0 Å². The normalized spacial score (nSPS) is 13.1. The third kappa shape index (κ3) is 5.83. The molecule has 0 spiro atoms. The Morgan fingerprint density at radius 1 is 0.500 bits per heavy atom. The van der Waals surface area contributed by atoms with Crippen LogP contribution in [0.2, 0.25) is 0 Å². The highest BCUT2D eigenvalue weighted by Crippen LogP contribution is 2.58. The fraction of sp³-hybridized carbons (Fsp3) is 0.0370. The molecule has 0 unspecified atom stereocenters. The van der Waals surface area contributed by atoms with E-state index in [-0.39, 0.29) is 0 Å². The summed E-state index contributed by atoms with van der Waals surface area (Å²) >= 11 is 0.